The zero-order valence-corrected chi connectivity index (χ0v) is 16.3. The lowest BCUT2D eigenvalue weighted by Crippen LogP contribution is -2.32. The van der Waals surface area contributed by atoms with Crippen molar-refractivity contribution in [3.63, 3.8) is 0 Å². The fourth-order valence-electron chi connectivity index (χ4n) is 3.58. The summed E-state index contributed by atoms with van der Waals surface area (Å²) in [6.07, 6.45) is 0. The van der Waals surface area contributed by atoms with E-state index in [2.05, 4.69) is 46.6 Å². The lowest BCUT2D eigenvalue weighted by Gasteiger charge is -2.22. The highest BCUT2D eigenvalue weighted by Gasteiger charge is 2.13. The molecule has 3 heteroatoms. The first-order valence-corrected chi connectivity index (χ1v) is 9.86. The molecule has 0 spiro atoms. The van der Waals surface area contributed by atoms with Crippen LogP contribution in [-0.4, -0.2) is 17.4 Å². The summed E-state index contributed by atoms with van der Waals surface area (Å²) in [4.78, 5) is 15.1. The standard InChI is InChI=1S/C26H24N2O/c29-26(27-25-17-9-15-23-14-7-8-16-24(23)25)20-28(18-21-10-3-1-4-11-21)19-22-12-5-2-6-13-22/h1-17H,18-20H2,(H,27,29). The molecule has 0 aliphatic carbocycles. The van der Waals surface area contributed by atoms with Gasteiger partial charge in [-0.1, -0.05) is 97.1 Å². The summed E-state index contributed by atoms with van der Waals surface area (Å²) in [6.45, 7) is 1.77. The molecule has 0 saturated carbocycles. The predicted octanol–water partition coefficient (Wildman–Crippen LogP) is 5.48. The first-order valence-electron chi connectivity index (χ1n) is 9.86. The highest BCUT2D eigenvalue weighted by Crippen LogP contribution is 2.23. The van der Waals surface area contributed by atoms with Gasteiger partial charge in [0, 0.05) is 24.2 Å². The number of anilines is 1. The van der Waals surface area contributed by atoms with Crippen LogP contribution >= 0.6 is 0 Å². The van der Waals surface area contributed by atoms with E-state index in [1.165, 1.54) is 11.1 Å². The van der Waals surface area contributed by atoms with E-state index in [0.717, 1.165) is 29.5 Å². The molecule has 0 aliphatic rings. The average Bonchev–Trinajstić information content (AvgIpc) is 2.75. The molecular formula is C26H24N2O. The molecular weight excluding hydrogens is 356 g/mol. The molecule has 0 radical (unpaired) electrons. The van der Waals surface area contributed by atoms with Crippen molar-refractivity contribution in [2.75, 3.05) is 11.9 Å². The number of carbonyl (C=O) groups is 1. The average molecular weight is 380 g/mol. The van der Waals surface area contributed by atoms with Gasteiger partial charge < -0.3 is 5.32 Å². The van der Waals surface area contributed by atoms with Crippen LogP contribution in [0.3, 0.4) is 0 Å². The second-order valence-electron chi connectivity index (χ2n) is 7.19. The molecule has 1 amide bonds. The number of rotatable bonds is 7. The molecule has 4 aromatic rings. The van der Waals surface area contributed by atoms with E-state index in [-0.39, 0.29) is 5.91 Å². The Balaban J connectivity index is 1.50. The number of amides is 1. The summed E-state index contributed by atoms with van der Waals surface area (Å²) >= 11 is 0. The topological polar surface area (TPSA) is 32.3 Å². The number of fused-ring (bicyclic) bond motifs is 1. The van der Waals surface area contributed by atoms with Gasteiger partial charge in [-0.25, -0.2) is 0 Å². The summed E-state index contributed by atoms with van der Waals surface area (Å²) in [5.41, 5.74) is 3.25. The lowest BCUT2D eigenvalue weighted by molar-refractivity contribution is -0.117. The minimum absolute atomic E-state index is 0.00628. The van der Waals surface area contributed by atoms with Crippen molar-refractivity contribution < 1.29 is 4.79 Å². The number of benzene rings is 4. The van der Waals surface area contributed by atoms with Gasteiger partial charge in [0.15, 0.2) is 0 Å². The summed E-state index contributed by atoms with van der Waals surface area (Å²) in [6, 6.07) is 34.6. The van der Waals surface area contributed by atoms with Gasteiger partial charge >= 0.3 is 0 Å². The zero-order chi connectivity index (χ0) is 19.9. The minimum Gasteiger partial charge on any atom is -0.324 e. The Bertz CT molecular complexity index is 1030. The van der Waals surface area contributed by atoms with Crippen molar-refractivity contribution in [1.29, 1.82) is 0 Å². The number of carbonyl (C=O) groups excluding carboxylic acids is 1. The molecule has 4 rings (SSSR count). The Kier molecular flexibility index (Phi) is 5.98. The van der Waals surface area contributed by atoms with E-state index < -0.39 is 0 Å². The van der Waals surface area contributed by atoms with Crippen LogP contribution < -0.4 is 5.32 Å². The molecule has 0 aliphatic heterocycles. The maximum absolute atomic E-state index is 12.9. The molecule has 29 heavy (non-hydrogen) atoms. The zero-order valence-electron chi connectivity index (χ0n) is 16.3. The first-order chi connectivity index (χ1) is 14.3. The summed E-state index contributed by atoms with van der Waals surface area (Å²) in [5, 5.41) is 5.28. The van der Waals surface area contributed by atoms with E-state index in [0.29, 0.717) is 6.54 Å². The van der Waals surface area contributed by atoms with Gasteiger partial charge in [-0.15, -0.1) is 0 Å². The van der Waals surface area contributed by atoms with Crippen LogP contribution in [0.1, 0.15) is 11.1 Å². The van der Waals surface area contributed by atoms with Crippen molar-refractivity contribution >= 4 is 22.4 Å². The Morgan fingerprint density at radius 1 is 0.655 bits per heavy atom. The lowest BCUT2D eigenvalue weighted by atomic mass is 10.1. The maximum Gasteiger partial charge on any atom is 0.238 e. The smallest absolute Gasteiger partial charge is 0.238 e. The van der Waals surface area contributed by atoms with Crippen molar-refractivity contribution in [2.24, 2.45) is 0 Å². The van der Waals surface area contributed by atoms with Crippen LogP contribution in [-0.2, 0) is 17.9 Å². The molecule has 1 N–H and O–H groups in total. The predicted molar refractivity (Wildman–Crippen MR) is 120 cm³/mol. The minimum atomic E-state index is -0.00628. The Labute approximate surface area is 171 Å². The fraction of sp³-hybridized carbons (Fsp3) is 0.115. The quantitative estimate of drug-likeness (QED) is 0.460. The summed E-state index contributed by atoms with van der Waals surface area (Å²) in [7, 11) is 0. The molecule has 4 aromatic carbocycles. The van der Waals surface area contributed by atoms with Crippen molar-refractivity contribution in [2.45, 2.75) is 13.1 Å². The monoisotopic (exact) mass is 380 g/mol. The molecule has 0 unspecified atom stereocenters. The van der Waals surface area contributed by atoms with Gasteiger partial charge in [-0.2, -0.15) is 0 Å². The molecule has 144 valence electrons. The van der Waals surface area contributed by atoms with Crippen LogP contribution in [0, 0.1) is 0 Å². The van der Waals surface area contributed by atoms with Gasteiger partial charge in [0.25, 0.3) is 0 Å². The Morgan fingerprint density at radius 3 is 1.86 bits per heavy atom. The van der Waals surface area contributed by atoms with E-state index in [1.54, 1.807) is 0 Å². The van der Waals surface area contributed by atoms with E-state index in [4.69, 9.17) is 0 Å². The number of hydrogen-bond donors (Lipinski definition) is 1. The van der Waals surface area contributed by atoms with Gasteiger partial charge in [-0.3, -0.25) is 9.69 Å². The van der Waals surface area contributed by atoms with Crippen LogP contribution in [0.4, 0.5) is 5.69 Å². The summed E-state index contributed by atoms with van der Waals surface area (Å²) in [5.74, 6) is -0.00628. The van der Waals surface area contributed by atoms with Crippen molar-refractivity contribution in [3.8, 4) is 0 Å². The first kappa shape index (κ1) is 18.9. The summed E-state index contributed by atoms with van der Waals surface area (Å²) < 4.78 is 0. The second kappa shape index (κ2) is 9.18. The van der Waals surface area contributed by atoms with Crippen LogP contribution in [0.25, 0.3) is 10.8 Å². The number of nitrogens with one attached hydrogen (secondary N) is 1. The third kappa shape index (κ3) is 5.09. The van der Waals surface area contributed by atoms with Crippen molar-refractivity contribution in [1.82, 2.24) is 4.90 Å². The van der Waals surface area contributed by atoms with Crippen molar-refractivity contribution in [3.05, 3.63) is 114 Å². The molecule has 0 atom stereocenters. The third-order valence-corrected chi connectivity index (χ3v) is 4.93. The molecule has 0 heterocycles. The second-order valence-corrected chi connectivity index (χ2v) is 7.19. The highest BCUT2D eigenvalue weighted by molar-refractivity contribution is 6.02. The molecule has 0 aromatic heterocycles. The Morgan fingerprint density at radius 2 is 1.21 bits per heavy atom. The molecule has 0 bridgehead atoms. The molecule has 0 saturated heterocycles. The van der Waals surface area contributed by atoms with Crippen LogP contribution in [0.15, 0.2) is 103 Å². The largest absolute Gasteiger partial charge is 0.324 e. The maximum atomic E-state index is 12.9. The Hall–Kier alpha value is -3.43. The number of hydrogen-bond acceptors (Lipinski definition) is 2. The normalized spacial score (nSPS) is 10.9. The third-order valence-electron chi connectivity index (χ3n) is 4.93. The number of nitrogens with zero attached hydrogens (tertiary/aromatic N) is 1. The van der Waals surface area contributed by atoms with Gasteiger partial charge in [0.1, 0.15) is 0 Å². The van der Waals surface area contributed by atoms with Crippen LogP contribution in [0.5, 0.6) is 0 Å². The fourth-order valence-corrected chi connectivity index (χ4v) is 3.58. The van der Waals surface area contributed by atoms with Gasteiger partial charge in [0.2, 0.25) is 5.91 Å². The van der Waals surface area contributed by atoms with Gasteiger partial charge in [0.05, 0.1) is 6.54 Å². The van der Waals surface area contributed by atoms with Crippen LogP contribution in [0.2, 0.25) is 0 Å². The van der Waals surface area contributed by atoms with E-state index in [1.807, 2.05) is 66.7 Å². The van der Waals surface area contributed by atoms with E-state index in [9.17, 15) is 4.79 Å². The molecule has 0 fully saturated rings. The van der Waals surface area contributed by atoms with E-state index >= 15 is 0 Å². The SMILES string of the molecule is O=C(CN(Cc1ccccc1)Cc1ccccc1)Nc1cccc2ccccc12. The molecule has 3 nitrogen and oxygen atoms in total. The van der Waals surface area contributed by atoms with Gasteiger partial charge in [-0.05, 0) is 22.6 Å². The highest BCUT2D eigenvalue weighted by atomic mass is 16.2.